The summed E-state index contributed by atoms with van der Waals surface area (Å²) in [4.78, 5) is 11.8. The molecule has 5 rings (SSSR count). The van der Waals surface area contributed by atoms with E-state index >= 15 is 0 Å². The van der Waals surface area contributed by atoms with E-state index in [9.17, 15) is 10.1 Å². The van der Waals surface area contributed by atoms with E-state index < -0.39 is 0 Å². The first-order chi connectivity index (χ1) is 15.8. The summed E-state index contributed by atoms with van der Waals surface area (Å²) in [5.74, 6) is 0.135. The van der Waals surface area contributed by atoms with Gasteiger partial charge in [-0.25, -0.2) is 0 Å². The van der Waals surface area contributed by atoms with E-state index in [-0.39, 0.29) is 39.1 Å². The highest BCUT2D eigenvalue weighted by Gasteiger charge is 2.50. The number of hydrogen-bond acceptors (Lipinski definition) is 4. The van der Waals surface area contributed by atoms with Crippen LogP contribution < -0.4 is 5.32 Å². The zero-order valence-electron chi connectivity index (χ0n) is 17.1. The van der Waals surface area contributed by atoms with Gasteiger partial charge in [0, 0.05) is 38.0 Å². The maximum atomic E-state index is 11.5. The van der Waals surface area contributed by atoms with Gasteiger partial charge in [-0.15, -0.1) is 23.4 Å². The molecule has 1 aliphatic heterocycles. The van der Waals surface area contributed by atoms with Gasteiger partial charge in [-0.05, 0) is 59.9 Å². The minimum absolute atomic E-state index is 0.0126. The van der Waals surface area contributed by atoms with E-state index in [1.807, 2.05) is 36.4 Å². The zero-order chi connectivity index (χ0) is 23.3. The van der Waals surface area contributed by atoms with Gasteiger partial charge >= 0.3 is 0 Å². The lowest BCUT2D eigenvalue weighted by Crippen LogP contribution is -2.31. The minimum Gasteiger partial charge on any atom is -0.378 e. The molecule has 0 radical (unpaired) electrons. The highest BCUT2D eigenvalue weighted by molar-refractivity contribution is 8.00. The fourth-order valence-electron chi connectivity index (χ4n) is 5.02. The Balaban J connectivity index is 1.55. The molecule has 0 saturated heterocycles. The van der Waals surface area contributed by atoms with E-state index in [0.717, 1.165) is 23.2 Å². The molecule has 2 aliphatic rings. The van der Waals surface area contributed by atoms with Gasteiger partial charge in [0.1, 0.15) is 0 Å². The molecular formula is C24H18Cl4N2O2S. The fourth-order valence-corrected chi connectivity index (χ4v) is 7.67. The van der Waals surface area contributed by atoms with Gasteiger partial charge in [0.2, 0.25) is 0 Å². The number of nitro benzene ring substituents is 1. The summed E-state index contributed by atoms with van der Waals surface area (Å²) >= 11 is 27.7. The van der Waals surface area contributed by atoms with E-state index in [2.05, 4.69) is 5.32 Å². The molecule has 1 N–H and O–H groups in total. The Morgan fingerprint density at radius 2 is 1.70 bits per heavy atom. The van der Waals surface area contributed by atoms with Crippen molar-refractivity contribution < 1.29 is 4.92 Å². The first-order valence-electron chi connectivity index (χ1n) is 10.4. The number of nitrogens with one attached hydrogen (secondary N) is 1. The third-order valence-electron chi connectivity index (χ3n) is 6.41. The van der Waals surface area contributed by atoms with Gasteiger partial charge in [-0.3, -0.25) is 10.1 Å². The van der Waals surface area contributed by atoms with Crippen molar-refractivity contribution in [3.63, 3.8) is 0 Å². The number of halogens is 4. The normalized spacial score (nSPS) is 25.8. The molecule has 3 aromatic carbocycles. The van der Waals surface area contributed by atoms with Crippen LogP contribution in [0.2, 0.25) is 15.1 Å². The fraction of sp³-hybridized carbons (Fsp3) is 0.250. The molecular weight excluding hydrogens is 522 g/mol. The third kappa shape index (κ3) is 4.30. The number of nitro groups is 1. The summed E-state index contributed by atoms with van der Waals surface area (Å²) in [7, 11) is 0. The quantitative estimate of drug-likeness (QED) is 0.205. The monoisotopic (exact) mass is 538 g/mol. The highest BCUT2D eigenvalue weighted by atomic mass is 35.5. The van der Waals surface area contributed by atoms with Crippen LogP contribution in [-0.4, -0.2) is 15.6 Å². The van der Waals surface area contributed by atoms with Crippen LogP contribution in [0.15, 0.2) is 65.6 Å². The summed E-state index contributed by atoms with van der Waals surface area (Å²) in [5.41, 5.74) is 3.09. The van der Waals surface area contributed by atoms with Gasteiger partial charge in [-0.2, -0.15) is 0 Å². The summed E-state index contributed by atoms with van der Waals surface area (Å²) in [6.07, 6.45) is 0.762. The lowest BCUT2D eigenvalue weighted by Gasteiger charge is -2.38. The van der Waals surface area contributed by atoms with Gasteiger partial charge in [0.15, 0.2) is 0 Å². The summed E-state index contributed by atoms with van der Waals surface area (Å²) in [6, 6.07) is 18.0. The Labute approximate surface area is 215 Å². The van der Waals surface area contributed by atoms with Crippen LogP contribution in [0.25, 0.3) is 0 Å². The van der Waals surface area contributed by atoms with Gasteiger partial charge in [0.25, 0.3) is 5.69 Å². The second-order valence-electron chi connectivity index (χ2n) is 8.27. The maximum Gasteiger partial charge on any atom is 0.282 e. The molecule has 0 spiro atoms. The molecule has 3 aromatic rings. The highest BCUT2D eigenvalue weighted by Crippen LogP contribution is 2.58. The molecule has 1 saturated carbocycles. The van der Waals surface area contributed by atoms with Crippen molar-refractivity contribution in [2.24, 2.45) is 5.92 Å². The molecule has 33 heavy (non-hydrogen) atoms. The van der Waals surface area contributed by atoms with Crippen LogP contribution in [0.5, 0.6) is 0 Å². The number of anilines is 1. The number of fused-ring (bicyclic) bond motifs is 3. The molecule has 5 atom stereocenters. The molecule has 0 bridgehead atoms. The maximum absolute atomic E-state index is 11.5. The van der Waals surface area contributed by atoms with Crippen molar-refractivity contribution in [2.75, 3.05) is 5.32 Å². The smallest absolute Gasteiger partial charge is 0.282 e. The molecule has 4 nitrogen and oxygen atoms in total. The Morgan fingerprint density at radius 1 is 0.970 bits per heavy atom. The van der Waals surface area contributed by atoms with E-state index in [4.69, 9.17) is 46.4 Å². The number of nitrogens with zero attached hydrogens (tertiary/aromatic N) is 1. The van der Waals surface area contributed by atoms with Crippen LogP contribution in [0.3, 0.4) is 0 Å². The topological polar surface area (TPSA) is 55.2 Å². The van der Waals surface area contributed by atoms with Crippen LogP contribution in [-0.2, 0) is 0 Å². The summed E-state index contributed by atoms with van der Waals surface area (Å²) in [5, 5.41) is 16.7. The van der Waals surface area contributed by atoms with Crippen LogP contribution in [0.4, 0.5) is 11.4 Å². The Kier molecular flexibility index (Phi) is 6.45. The van der Waals surface area contributed by atoms with Crippen molar-refractivity contribution >= 4 is 69.5 Å². The van der Waals surface area contributed by atoms with Crippen molar-refractivity contribution in [2.45, 2.75) is 33.9 Å². The molecule has 5 unspecified atom stereocenters. The molecule has 9 heteroatoms. The molecule has 1 fully saturated rings. The Morgan fingerprint density at radius 3 is 2.45 bits per heavy atom. The molecule has 1 aliphatic carbocycles. The SMILES string of the molecule is O=[N+]([O-])c1ccccc1SC1CC2C(c3ccc(Cl)cc3Cl)Nc3ccc(Cl)cc3C2C1Cl. The Bertz CT molecular complexity index is 1240. The molecule has 170 valence electrons. The number of alkyl halides is 1. The zero-order valence-corrected chi connectivity index (χ0v) is 20.9. The number of benzene rings is 3. The summed E-state index contributed by atoms with van der Waals surface area (Å²) in [6.45, 7) is 0. The minimum atomic E-state index is -0.347. The number of thioether (sulfide) groups is 1. The molecule has 0 aromatic heterocycles. The first-order valence-corrected chi connectivity index (χ1v) is 12.8. The van der Waals surface area contributed by atoms with Crippen molar-refractivity contribution in [1.82, 2.24) is 0 Å². The van der Waals surface area contributed by atoms with Crippen molar-refractivity contribution in [3.05, 3.63) is 97.0 Å². The van der Waals surface area contributed by atoms with E-state index in [1.54, 1.807) is 18.2 Å². The van der Waals surface area contributed by atoms with Crippen LogP contribution in [0, 0.1) is 16.0 Å². The van der Waals surface area contributed by atoms with Crippen molar-refractivity contribution in [1.29, 1.82) is 0 Å². The molecule has 1 heterocycles. The number of hydrogen-bond donors (Lipinski definition) is 1. The first kappa shape index (κ1) is 23.1. The third-order valence-corrected chi connectivity index (χ3v) is 9.32. The Hall–Kier alpha value is -1.63. The number of rotatable bonds is 4. The van der Waals surface area contributed by atoms with E-state index in [0.29, 0.717) is 20.0 Å². The predicted molar refractivity (Wildman–Crippen MR) is 138 cm³/mol. The lowest BCUT2D eigenvalue weighted by molar-refractivity contribution is -0.387. The second kappa shape index (κ2) is 9.20. The largest absolute Gasteiger partial charge is 0.378 e. The second-order valence-corrected chi connectivity index (χ2v) is 11.3. The summed E-state index contributed by atoms with van der Waals surface area (Å²) < 4.78 is 0. The van der Waals surface area contributed by atoms with E-state index in [1.165, 1.54) is 17.8 Å². The van der Waals surface area contributed by atoms with Gasteiger partial charge < -0.3 is 5.32 Å². The predicted octanol–water partition coefficient (Wildman–Crippen LogP) is 8.59. The molecule has 0 amide bonds. The average Bonchev–Trinajstić information content (AvgIpc) is 3.10. The lowest BCUT2D eigenvalue weighted by atomic mass is 9.77. The standard InChI is InChI=1S/C24H18Cl4N2O2S/c25-12-6-8-18-15(9-12)22-16(24(29-18)14-7-5-13(26)10-17(14)27)11-21(23(22)28)33-20-4-2-1-3-19(20)30(31)32/h1-10,16,21-24,29H,11H2. The van der Waals surface area contributed by atoms with Gasteiger partial charge in [0.05, 0.1) is 21.2 Å². The average molecular weight is 540 g/mol. The van der Waals surface area contributed by atoms with Crippen molar-refractivity contribution in [3.8, 4) is 0 Å². The van der Waals surface area contributed by atoms with Crippen LogP contribution in [0.1, 0.15) is 29.5 Å². The van der Waals surface area contributed by atoms with Gasteiger partial charge in [-0.1, -0.05) is 53.0 Å². The number of para-hydroxylation sites is 1. The van der Waals surface area contributed by atoms with Crippen LogP contribution >= 0.6 is 58.2 Å².